The second kappa shape index (κ2) is 18.0. The molecule has 28 heavy (non-hydrogen) atoms. The lowest BCUT2D eigenvalue weighted by Gasteiger charge is -2.48. The maximum Gasteiger partial charge on any atom is -0.00134 e. The van der Waals surface area contributed by atoms with Crippen LogP contribution in [0.25, 0.3) is 0 Å². The molecule has 0 unspecified atom stereocenters. The third kappa shape index (κ3) is 12.0. The van der Waals surface area contributed by atoms with Gasteiger partial charge in [0.15, 0.2) is 0 Å². The highest BCUT2D eigenvalue weighted by atomic mass is 35.5. The molecular formula is C25H53ClN2. The van der Waals surface area contributed by atoms with Crippen LogP contribution >= 0.6 is 12.4 Å². The smallest absolute Gasteiger partial charge is 0.00134 e. The number of nitrogens with zero attached hydrogens (tertiary/aromatic N) is 1. The minimum absolute atomic E-state index is 0. The van der Waals surface area contributed by atoms with Gasteiger partial charge in [0.25, 0.3) is 0 Å². The van der Waals surface area contributed by atoms with Gasteiger partial charge in [0.2, 0.25) is 0 Å². The number of rotatable bonds is 17. The van der Waals surface area contributed by atoms with Crippen LogP contribution in [0.3, 0.4) is 0 Å². The molecule has 0 aromatic rings. The molecule has 3 saturated heterocycles. The van der Waals surface area contributed by atoms with Gasteiger partial charge in [-0.2, -0.15) is 0 Å². The van der Waals surface area contributed by atoms with Crippen LogP contribution in [0.4, 0.5) is 0 Å². The maximum absolute atomic E-state index is 2.68. The topological polar surface area (TPSA) is 38.2 Å². The Kier molecular flexibility index (Phi) is 18.2. The summed E-state index contributed by atoms with van der Waals surface area (Å²) in [6.45, 7) is 6.51. The van der Waals surface area contributed by atoms with Crippen molar-refractivity contribution in [3.8, 4) is 0 Å². The first kappa shape index (κ1) is 28.2. The molecule has 2 bridgehead atoms. The molecule has 3 heteroatoms. The highest BCUT2D eigenvalue weighted by Crippen LogP contribution is 2.44. The molecule has 3 fully saturated rings. The first-order valence-electron chi connectivity index (χ1n) is 12.6. The second-order valence-corrected chi connectivity index (χ2v) is 9.64. The van der Waals surface area contributed by atoms with E-state index < -0.39 is 0 Å². The Morgan fingerprint density at radius 3 is 1.21 bits per heavy atom. The summed E-state index contributed by atoms with van der Waals surface area (Å²) < 4.78 is 0. The van der Waals surface area contributed by atoms with Crippen molar-refractivity contribution in [3.05, 3.63) is 0 Å². The van der Waals surface area contributed by atoms with Crippen molar-refractivity contribution in [1.29, 1.82) is 0 Å². The molecule has 170 valence electrons. The Morgan fingerprint density at radius 1 is 0.536 bits per heavy atom. The van der Waals surface area contributed by atoms with Crippen LogP contribution in [0.1, 0.15) is 135 Å². The summed E-state index contributed by atoms with van der Waals surface area (Å²) >= 11 is 0. The van der Waals surface area contributed by atoms with Crippen molar-refractivity contribution in [3.63, 3.8) is 0 Å². The second-order valence-electron chi connectivity index (χ2n) is 9.64. The molecule has 0 aliphatic carbocycles. The van der Waals surface area contributed by atoms with Crippen molar-refractivity contribution in [1.82, 2.24) is 11.1 Å². The molecule has 3 aliphatic rings. The molecule has 0 aromatic carbocycles. The van der Waals surface area contributed by atoms with Crippen molar-refractivity contribution >= 4 is 12.4 Å². The minimum Gasteiger partial charge on any atom is -0.344 e. The predicted molar refractivity (Wildman–Crippen MR) is 129 cm³/mol. The number of unbranched alkanes of at least 4 members (excludes halogenated alkanes) is 15. The van der Waals surface area contributed by atoms with Crippen LogP contribution in [0.5, 0.6) is 0 Å². The summed E-state index contributed by atoms with van der Waals surface area (Å²) in [5.74, 6) is 0. The van der Waals surface area contributed by atoms with Crippen LogP contribution in [-0.2, 0) is 0 Å². The minimum atomic E-state index is 0. The van der Waals surface area contributed by atoms with Gasteiger partial charge in [0.1, 0.15) is 0 Å². The first-order valence-corrected chi connectivity index (χ1v) is 12.6. The van der Waals surface area contributed by atoms with E-state index in [0.29, 0.717) is 0 Å². The van der Waals surface area contributed by atoms with Crippen molar-refractivity contribution in [2.75, 3.05) is 19.6 Å². The number of halogens is 1. The predicted octanol–water partition coefficient (Wildman–Crippen LogP) is 8.71. The van der Waals surface area contributed by atoms with Gasteiger partial charge >= 0.3 is 0 Å². The molecule has 0 spiro atoms. The molecule has 3 aliphatic heterocycles. The fraction of sp³-hybridized carbons (Fsp3) is 1.00. The van der Waals surface area contributed by atoms with Crippen molar-refractivity contribution < 1.29 is 0 Å². The average molecular weight is 417 g/mol. The summed E-state index contributed by atoms with van der Waals surface area (Å²) in [6, 6.07) is 0. The molecule has 0 atom stereocenters. The Hall–Kier alpha value is 0.210. The van der Waals surface area contributed by atoms with E-state index in [1.54, 1.807) is 6.42 Å². The summed E-state index contributed by atoms with van der Waals surface area (Å²) in [5.41, 5.74) is 0.782. The van der Waals surface area contributed by atoms with E-state index >= 15 is 0 Å². The highest BCUT2D eigenvalue weighted by molar-refractivity contribution is 5.85. The monoisotopic (exact) mass is 416 g/mol. The van der Waals surface area contributed by atoms with Crippen LogP contribution in [0.2, 0.25) is 0 Å². The summed E-state index contributed by atoms with van der Waals surface area (Å²) in [6.07, 6.45) is 29.8. The van der Waals surface area contributed by atoms with E-state index in [1.807, 2.05) is 0 Å². The van der Waals surface area contributed by atoms with Gasteiger partial charge in [-0.05, 0) is 50.7 Å². The third-order valence-electron chi connectivity index (χ3n) is 7.44. The van der Waals surface area contributed by atoms with Crippen molar-refractivity contribution in [2.45, 2.75) is 135 Å². The van der Waals surface area contributed by atoms with Gasteiger partial charge < -0.3 is 11.1 Å². The van der Waals surface area contributed by atoms with E-state index in [4.69, 9.17) is 0 Å². The van der Waals surface area contributed by atoms with E-state index in [9.17, 15) is 0 Å². The lowest BCUT2D eigenvalue weighted by atomic mass is 9.69. The number of hydrogen-bond donors (Lipinski definition) is 1. The molecule has 3 N–H and O–H groups in total. The summed E-state index contributed by atoms with van der Waals surface area (Å²) in [4.78, 5) is 2.68. The van der Waals surface area contributed by atoms with E-state index in [2.05, 4.69) is 11.8 Å². The van der Waals surface area contributed by atoms with Crippen molar-refractivity contribution in [2.24, 2.45) is 5.41 Å². The Balaban J connectivity index is 0.00000364. The molecule has 0 amide bonds. The number of piperidine rings is 3. The Labute approximate surface area is 184 Å². The Morgan fingerprint density at radius 2 is 0.857 bits per heavy atom. The van der Waals surface area contributed by atoms with Crippen LogP contribution in [0, 0.1) is 5.41 Å². The maximum atomic E-state index is 2.68. The SMILES string of the molecule is CCCCCCCCCCCCCCCCCCC12CCN(CC1)CC2.Cl.N. The molecule has 0 radical (unpaired) electrons. The van der Waals surface area contributed by atoms with Gasteiger partial charge in [0, 0.05) is 0 Å². The first-order chi connectivity index (χ1) is 12.8. The lowest BCUT2D eigenvalue weighted by Crippen LogP contribution is -2.48. The normalized spacial score (nSPS) is 23.2. The Bertz CT molecular complexity index is 313. The van der Waals surface area contributed by atoms with Crippen LogP contribution in [0.15, 0.2) is 0 Å². The van der Waals surface area contributed by atoms with Crippen LogP contribution < -0.4 is 6.15 Å². The zero-order chi connectivity index (χ0) is 18.3. The van der Waals surface area contributed by atoms with Crippen LogP contribution in [-0.4, -0.2) is 24.5 Å². The van der Waals surface area contributed by atoms with Gasteiger partial charge in [-0.1, -0.05) is 110 Å². The average Bonchev–Trinajstić information content (AvgIpc) is 2.69. The molecule has 3 heterocycles. The fourth-order valence-electron chi connectivity index (χ4n) is 5.32. The van der Waals surface area contributed by atoms with E-state index in [0.717, 1.165) is 5.41 Å². The van der Waals surface area contributed by atoms with Gasteiger partial charge in [-0.15, -0.1) is 12.4 Å². The van der Waals surface area contributed by atoms with Gasteiger partial charge in [-0.3, -0.25) is 0 Å². The number of fused-ring (bicyclic) bond motifs is 3. The fourth-order valence-corrected chi connectivity index (χ4v) is 5.32. The van der Waals surface area contributed by atoms with E-state index in [-0.39, 0.29) is 18.6 Å². The molecule has 0 aromatic heterocycles. The van der Waals surface area contributed by atoms with Gasteiger partial charge in [0.05, 0.1) is 0 Å². The zero-order valence-electron chi connectivity index (χ0n) is 19.3. The lowest BCUT2D eigenvalue weighted by molar-refractivity contribution is 0.0180. The van der Waals surface area contributed by atoms with E-state index in [1.165, 1.54) is 142 Å². The number of hydrogen-bond acceptors (Lipinski definition) is 2. The summed E-state index contributed by atoms with van der Waals surface area (Å²) in [5, 5.41) is 0. The highest BCUT2D eigenvalue weighted by Gasteiger charge is 2.38. The molecule has 3 rings (SSSR count). The molecule has 0 saturated carbocycles. The quantitative estimate of drug-likeness (QED) is 0.240. The standard InChI is InChI=1S/C25H49N.ClH.H3N/c1-2-3-4-5-6-7-8-9-10-11-12-13-14-15-16-17-18-25-19-22-26(23-20-25)24-21-25;;/h2-24H2,1H3;1H;1H3. The zero-order valence-corrected chi connectivity index (χ0v) is 20.1. The summed E-state index contributed by atoms with van der Waals surface area (Å²) in [7, 11) is 0. The molecular weight excluding hydrogens is 364 g/mol. The molecule has 2 nitrogen and oxygen atoms in total. The largest absolute Gasteiger partial charge is 0.344 e. The van der Waals surface area contributed by atoms with Gasteiger partial charge in [-0.25, -0.2) is 0 Å². The third-order valence-corrected chi connectivity index (χ3v) is 7.44.